The van der Waals surface area contributed by atoms with Crippen LogP contribution in [0, 0.1) is 5.92 Å². The number of aliphatic hydroxyl groups excluding tert-OH is 1. The van der Waals surface area contributed by atoms with E-state index in [9.17, 15) is 9.90 Å². The quantitative estimate of drug-likeness (QED) is 0.683. The number of rotatable bonds is 5. The van der Waals surface area contributed by atoms with Gasteiger partial charge in [-0.05, 0) is 47.1 Å². The van der Waals surface area contributed by atoms with Crippen molar-refractivity contribution in [3.05, 3.63) is 78.1 Å². The van der Waals surface area contributed by atoms with Gasteiger partial charge in [0.25, 0.3) is 0 Å². The first-order chi connectivity index (χ1) is 14.7. The number of carbonyl (C=O) groups excluding carboxylic acids is 1. The predicted octanol–water partition coefficient (Wildman–Crippen LogP) is 3.56. The largest absolute Gasteiger partial charge is 0.449 e. The minimum absolute atomic E-state index is 0.0317. The van der Waals surface area contributed by atoms with Crippen molar-refractivity contribution in [2.24, 2.45) is 5.92 Å². The highest BCUT2D eigenvalue weighted by molar-refractivity contribution is 5.79. The number of aromatic nitrogens is 2. The van der Waals surface area contributed by atoms with Crippen LogP contribution in [0.25, 0.3) is 11.1 Å². The molecule has 1 heterocycles. The molecule has 0 radical (unpaired) electrons. The number of nitrogens with zero attached hydrogens (tertiary/aromatic N) is 2. The third-order valence-electron chi connectivity index (χ3n) is 6.28. The van der Waals surface area contributed by atoms with E-state index in [0.717, 1.165) is 6.54 Å². The van der Waals surface area contributed by atoms with Gasteiger partial charge in [-0.3, -0.25) is 4.68 Å². The average molecular weight is 403 g/mol. The molecule has 1 fully saturated rings. The topological polar surface area (TPSA) is 76.4 Å². The zero-order valence-corrected chi connectivity index (χ0v) is 16.6. The van der Waals surface area contributed by atoms with Crippen LogP contribution in [0.15, 0.2) is 67.0 Å². The van der Waals surface area contributed by atoms with E-state index in [4.69, 9.17) is 4.74 Å². The van der Waals surface area contributed by atoms with Crippen molar-refractivity contribution in [1.82, 2.24) is 15.1 Å². The van der Waals surface area contributed by atoms with Crippen molar-refractivity contribution >= 4 is 6.09 Å². The van der Waals surface area contributed by atoms with Gasteiger partial charge in [0.15, 0.2) is 0 Å². The van der Waals surface area contributed by atoms with Gasteiger partial charge in [-0.25, -0.2) is 4.79 Å². The highest BCUT2D eigenvalue weighted by Gasteiger charge is 2.35. The van der Waals surface area contributed by atoms with E-state index < -0.39 is 12.2 Å². The van der Waals surface area contributed by atoms with Crippen molar-refractivity contribution in [3.8, 4) is 11.1 Å². The Hall–Kier alpha value is -3.12. The van der Waals surface area contributed by atoms with Crippen LogP contribution >= 0.6 is 0 Å². The second-order valence-corrected chi connectivity index (χ2v) is 8.21. The van der Waals surface area contributed by atoms with Crippen molar-refractivity contribution in [3.63, 3.8) is 0 Å². The Morgan fingerprint density at radius 3 is 2.43 bits per heavy atom. The van der Waals surface area contributed by atoms with E-state index in [-0.39, 0.29) is 24.5 Å². The number of amides is 1. The predicted molar refractivity (Wildman–Crippen MR) is 113 cm³/mol. The average Bonchev–Trinajstić information content (AvgIpc) is 3.46. The highest BCUT2D eigenvalue weighted by atomic mass is 16.5. The van der Waals surface area contributed by atoms with Crippen molar-refractivity contribution in [1.29, 1.82) is 0 Å². The maximum atomic E-state index is 12.5. The summed E-state index contributed by atoms with van der Waals surface area (Å²) in [6.45, 7) is 1.02. The van der Waals surface area contributed by atoms with Crippen molar-refractivity contribution in [2.45, 2.75) is 37.5 Å². The molecule has 0 saturated heterocycles. The summed E-state index contributed by atoms with van der Waals surface area (Å²) in [5.74, 6) is 0.308. The summed E-state index contributed by atoms with van der Waals surface area (Å²) in [5, 5.41) is 17.5. The Balaban J connectivity index is 1.20. The molecule has 0 aliphatic heterocycles. The van der Waals surface area contributed by atoms with E-state index in [1.807, 2.05) is 41.2 Å². The Morgan fingerprint density at radius 2 is 1.77 bits per heavy atom. The van der Waals surface area contributed by atoms with Gasteiger partial charge in [-0.2, -0.15) is 5.10 Å². The maximum Gasteiger partial charge on any atom is 0.407 e. The summed E-state index contributed by atoms with van der Waals surface area (Å²) in [4.78, 5) is 12.5. The lowest BCUT2D eigenvalue weighted by Crippen LogP contribution is -2.40. The molecule has 1 saturated carbocycles. The first kappa shape index (κ1) is 18.9. The monoisotopic (exact) mass is 403 g/mol. The van der Waals surface area contributed by atoms with Gasteiger partial charge in [-0.15, -0.1) is 0 Å². The zero-order chi connectivity index (χ0) is 20.5. The van der Waals surface area contributed by atoms with Crippen LogP contribution < -0.4 is 5.32 Å². The number of hydrogen-bond acceptors (Lipinski definition) is 4. The summed E-state index contributed by atoms with van der Waals surface area (Å²) >= 11 is 0. The molecule has 3 aromatic rings. The Morgan fingerprint density at radius 1 is 1.07 bits per heavy atom. The van der Waals surface area contributed by atoms with Gasteiger partial charge in [0.05, 0.1) is 12.1 Å². The van der Waals surface area contributed by atoms with E-state index in [1.54, 1.807) is 6.20 Å². The molecule has 6 nitrogen and oxygen atoms in total. The second-order valence-electron chi connectivity index (χ2n) is 8.21. The van der Waals surface area contributed by atoms with E-state index in [2.05, 4.69) is 34.7 Å². The Bertz CT molecular complexity index is 988. The Labute approximate surface area is 175 Å². The fourth-order valence-electron chi connectivity index (χ4n) is 4.89. The van der Waals surface area contributed by atoms with Gasteiger partial charge < -0.3 is 15.2 Å². The second kappa shape index (κ2) is 7.95. The van der Waals surface area contributed by atoms with Crippen LogP contribution in [-0.2, 0) is 11.3 Å². The summed E-state index contributed by atoms with van der Waals surface area (Å²) in [7, 11) is 0. The van der Waals surface area contributed by atoms with E-state index in [0.29, 0.717) is 12.8 Å². The normalized spacial score (nSPS) is 22.5. The van der Waals surface area contributed by atoms with E-state index in [1.165, 1.54) is 22.3 Å². The molecule has 2 aromatic carbocycles. The van der Waals surface area contributed by atoms with Crippen LogP contribution in [0.3, 0.4) is 0 Å². The van der Waals surface area contributed by atoms with Crippen LogP contribution in [0.2, 0.25) is 0 Å². The standard InChI is InChI=1S/C24H25N3O3/c28-23-13-16(14-27-11-5-10-25-27)12-22(23)26-24(29)30-15-21-19-8-3-1-6-17(19)18-7-2-4-9-20(18)21/h1-11,16,21-23,28H,12-15H2,(H,26,29)/t16?,22-,23-/m1/s1. The number of fused-ring (bicyclic) bond motifs is 3. The number of nitrogens with one attached hydrogen (secondary N) is 1. The summed E-state index contributed by atoms with van der Waals surface area (Å²) in [5.41, 5.74) is 4.78. The minimum Gasteiger partial charge on any atom is -0.449 e. The molecule has 1 amide bonds. The molecule has 0 spiro atoms. The van der Waals surface area contributed by atoms with Crippen LogP contribution in [0.4, 0.5) is 4.79 Å². The number of hydrogen-bond donors (Lipinski definition) is 2. The van der Waals surface area contributed by atoms with Gasteiger partial charge >= 0.3 is 6.09 Å². The summed E-state index contributed by atoms with van der Waals surface area (Å²) < 4.78 is 7.48. The lowest BCUT2D eigenvalue weighted by molar-refractivity contribution is 0.115. The van der Waals surface area contributed by atoms with Crippen molar-refractivity contribution in [2.75, 3.05) is 6.61 Å². The molecule has 5 rings (SSSR count). The maximum absolute atomic E-state index is 12.5. The van der Waals surface area contributed by atoms with Crippen LogP contribution in [0.1, 0.15) is 29.9 Å². The third-order valence-corrected chi connectivity index (χ3v) is 6.28. The molecule has 2 aliphatic rings. The van der Waals surface area contributed by atoms with Crippen LogP contribution in [0.5, 0.6) is 0 Å². The molecule has 2 aliphatic carbocycles. The number of ether oxygens (including phenoxy) is 1. The molecule has 6 heteroatoms. The molecule has 0 bridgehead atoms. The number of benzene rings is 2. The molecule has 154 valence electrons. The number of alkyl carbamates (subject to hydrolysis) is 1. The molecule has 2 N–H and O–H groups in total. The zero-order valence-electron chi connectivity index (χ0n) is 16.6. The van der Waals surface area contributed by atoms with Crippen LogP contribution in [-0.4, -0.2) is 39.7 Å². The number of carbonyl (C=O) groups is 1. The number of aliphatic hydroxyl groups is 1. The molecule has 1 unspecified atom stereocenters. The van der Waals surface area contributed by atoms with Gasteiger partial charge in [-0.1, -0.05) is 48.5 Å². The summed E-state index contributed by atoms with van der Waals surface area (Å²) in [6, 6.07) is 18.1. The lowest BCUT2D eigenvalue weighted by atomic mass is 9.98. The van der Waals surface area contributed by atoms with Gasteiger partial charge in [0.1, 0.15) is 6.61 Å². The summed E-state index contributed by atoms with van der Waals surface area (Å²) in [6.07, 6.45) is 3.99. The van der Waals surface area contributed by atoms with Gasteiger partial charge in [0, 0.05) is 24.9 Å². The fourth-order valence-corrected chi connectivity index (χ4v) is 4.89. The SMILES string of the molecule is O=C(N[C@@H]1CC(Cn2cccn2)C[C@H]1O)OCC1c2ccccc2-c2ccccc21. The lowest BCUT2D eigenvalue weighted by Gasteiger charge is -2.18. The third kappa shape index (κ3) is 3.59. The smallest absolute Gasteiger partial charge is 0.407 e. The molecular formula is C24H25N3O3. The molecule has 3 atom stereocenters. The van der Waals surface area contributed by atoms with Crippen molar-refractivity contribution < 1.29 is 14.6 Å². The van der Waals surface area contributed by atoms with Gasteiger partial charge in [0.2, 0.25) is 0 Å². The fraction of sp³-hybridized carbons (Fsp3) is 0.333. The Kier molecular flexibility index (Phi) is 5.01. The molecule has 30 heavy (non-hydrogen) atoms. The first-order valence-corrected chi connectivity index (χ1v) is 10.5. The highest BCUT2D eigenvalue weighted by Crippen LogP contribution is 2.44. The van der Waals surface area contributed by atoms with E-state index >= 15 is 0 Å². The minimum atomic E-state index is -0.564. The molecule has 1 aromatic heterocycles. The molecular weight excluding hydrogens is 378 g/mol. The first-order valence-electron chi connectivity index (χ1n) is 10.5.